The predicted molar refractivity (Wildman–Crippen MR) is 198 cm³/mol. The van der Waals surface area contributed by atoms with Gasteiger partial charge in [-0.05, 0) is 108 Å². The first-order valence-corrected chi connectivity index (χ1v) is 17.3. The minimum atomic E-state index is 0.173. The Morgan fingerprint density at radius 3 is 1.86 bits per heavy atom. The van der Waals surface area contributed by atoms with Gasteiger partial charge in [0, 0.05) is 16.7 Å². The van der Waals surface area contributed by atoms with Crippen molar-refractivity contribution in [2.45, 2.75) is 44.4 Å². The number of hydrogen-bond donors (Lipinski definition) is 0. The van der Waals surface area contributed by atoms with Crippen LogP contribution < -0.4 is 0 Å². The molecule has 0 amide bonds. The van der Waals surface area contributed by atoms with E-state index in [1.807, 2.05) is 72.8 Å². The molecule has 1 heterocycles. The van der Waals surface area contributed by atoms with Crippen molar-refractivity contribution < 1.29 is 0 Å². The summed E-state index contributed by atoms with van der Waals surface area (Å²) in [5.41, 5.74) is 10.5. The summed E-state index contributed by atoms with van der Waals surface area (Å²) in [5.74, 6) is 3.35. The van der Waals surface area contributed by atoms with Crippen LogP contribution in [-0.4, -0.2) is 15.0 Å². The van der Waals surface area contributed by atoms with Gasteiger partial charge in [-0.25, -0.2) is 15.0 Å². The summed E-state index contributed by atoms with van der Waals surface area (Å²) in [6.45, 7) is 6.87. The van der Waals surface area contributed by atoms with Crippen LogP contribution in [0.25, 0.3) is 56.4 Å². The molecule has 0 saturated heterocycles. The highest BCUT2D eigenvalue weighted by molar-refractivity contribution is 5.80. The van der Waals surface area contributed by atoms with Crippen molar-refractivity contribution in [2.75, 3.05) is 0 Å². The monoisotopic (exact) mass is 634 g/mol. The molecule has 4 heteroatoms. The van der Waals surface area contributed by atoms with Gasteiger partial charge >= 0.3 is 0 Å². The number of rotatable bonds is 6. The lowest BCUT2D eigenvalue weighted by atomic mass is 9.56. The Kier molecular flexibility index (Phi) is 7.98. The maximum absolute atomic E-state index is 9.63. The molecule has 2 aliphatic carbocycles. The summed E-state index contributed by atoms with van der Waals surface area (Å²) in [7, 11) is 0. The highest BCUT2D eigenvalue weighted by Crippen LogP contribution is 2.53. The molecule has 1 aromatic heterocycles. The second-order valence-electron chi connectivity index (χ2n) is 14.1. The Morgan fingerprint density at radius 2 is 1.18 bits per heavy atom. The molecule has 2 bridgehead atoms. The quantitative estimate of drug-likeness (QED) is 0.171. The van der Waals surface area contributed by atoms with E-state index in [1.165, 1.54) is 36.8 Å². The second-order valence-corrected chi connectivity index (χ2v) is 14.1. The molecule has 1 unspecified atom stereocenters. The van der Waals surface area contributed by atoms with Gasteiger partial charge in [0.25, 0.3) is 0 Å². The molecule has 0 radical (unpaired) electrons. The normalized spacial score (nSPS) is 20.0. The van der Waals surface area contributed by atoms with Crippen molar-refractivity contribution in [2.24, 2.45) is 11.8 Å². The van der Waals surface area contributed by atoms with E-state index in [9.17, 15) is 5.26 Å². The number of aromatic nitrogens is 3. The molecule has 2 fully saturated rings. The zero-order valence-corrected chi connectivity index (χ0v) is 27.8. The average Bonchev–Trinajstić information content (AvgIpc) is 3.14. The molecule has 0 spiro atoms. The van der Waals surface area contributed by atoms with Gasteiger partial charge in [-0.3, -0.25) is 0 Å². The molecule has 49 heavy (non-hydrogen) atoms. The van der Waals surface area contributed by atoms with Gasteiger partial charge < -0.3 is 0 Å². The van der Waals surface area contributed by atoms with Crippen molar-refractivity contribution in [3.63, 3.8) is 0 Å². The fourth-order valence-electron chi connectivity index (χ4n) is 8.45. The Hall–Kier alpha value is -5.66. The van der Waals surface area contributed by atoms with Crippen LogP contribution in [0.5, 0.6) is 0 Å². The summed E-state index contributed by atoms with van der Waals surface area (Å²) in [6, 6.07) is 45.9. The van der Waals surface area contributed by atoms with E-state index < -0.39 is 0 Å². The lowest BCUT2D eigenvalue weighted by Gasteiger charge is -2.49. The first kappa shape index (κ1) is 30.7. The fraction of sp³-hybridized carbons (Fsp3) is 0.200. The van der Waals surface area contributed by atoms with Gasteiger partial charge in [-0.2, -0.15) is 5.26 Å². The summed E-state index contributed by atoms with van der Waals surface area (Å²) in [5, 5.41) is 9.63. The molecule has 238 valence electrons. The number of fused-ring (bicyclic) bond motifs is 2. The second kappa shape index (κ2) is 12.7. The molecule has 8 rings (SSSR count). The van der Waals surface area contributed by atoms with Gasteiger partial charge in [0.05, 0.1) is 11.6 Å². The van der Waals surface area contributed by atoms with Crippen molar-refractivity contribution in [1.29, 1.82) is 5.26 Å². The smallest absolute Gasteiger partial charge is 0.164 e. The Balaban J connectivity index is 1.26. The van der Waals surface area contributed by atoms with Crippen LogP contribution in [0.4, 0.5) is 0 Å². The molecule has 0 aliphatic heterocycles. The van der Waals surface area contributed by atoms with Gasteiger partial charge in [-0.1, -0.05) is 116 Å². The number of benzene rings is 5. The van der Waals surface area contributed by atoms with Crippen molar-refractivity contribution >= 4 is 0 Å². The van der Waals surface area contributed by atoms with E-state index in [4.69, 9.17) is 15.0 Å². The largest absolute Gasteiger partial charge is 0.208 e. The Labute approximate surface area is 288 Å². The van der Waals surface area contributed by atoms with E-state index >= 15 is 0 Å². The number of allylic oxidation sites excluding steroid dienone is 1. The van der Waals surface area contributed by atoms with Crippen LogP contribution in [0.1, 0.15) is 50.2 Å². The van der Waals surface area contributed by atoms with Crippen LogP contribution in [0.3, 0.4) is 0 Å². The molecular weight excluding hydrogens is 597 g/mol. The zero-order valence-electron chi connectivity index (χ0n) is 27.8. The fourth-order valence-corrected chi connectivity index (χ4v) is 8.45. The highest BCUT2D eigenvalue weighted by atomic mass is 15.0. The van der Waals surface area contributed by atoms with E-state index in [0.29, 0.717) is 23.0 Å². The van der Waals surface area contributed by atoms with Crippen molar-refractivity contribution in [1.82, 2.24) is 15.0 Å². The number of nitrogens with zero attached hydrogens (tertiary/aromatic N) is 4. The topological polar surface area (TPSA) is 62.5 Å². The standard InChI is InChI=1S/C45H38N4/c1-30-20-33-21-31(2)27-45(26-30,28-33)41-18-16-36(17-19-41)43-47-42(35-13-7-4-8-14-35)48-44(49-43)40-24-38(34-11-5-3-6-12-34)23-39(25-40)37-15-9-10-32(22-37)29-46/h3-19,22-25,31,33H,1,20-21,26-28H2,2H3/t31-,33+,45?/m0/s1. The third-order valence-electron chi connectivity index (χ3n) is 10.4. The van der Waals surface area contributed by atoms with Crippen LogP contribution in [-0.2, 0) is 5.41 Å². The molecule has 6 aromatic rings. The minimum Gasteiger partial charge on any atom is -0.208 e. The highest BCUT2D eigenvalue weighted by Gasteiger charge is 2.44. The maximum atomic E-state index is 9.63. The molecule has 0 N–H and O–H groups in total. The summed E-state index contributed by atoms with van der Waals surface area (Å²) < 4.78 is 0. The van der Waals surface area contributed by atoms with Gasteiger partial charge in [0.15, 0.2) is 17.5 Å². The molecular formula is C45H38N4. The van der Waals surface area contributed by atoms with Crippen LogP contribution in [0.2, 0.25) is 0 Å². The maximum Gasteiger partial charge on any atom is 0.164 e. The van der Waals surface area contributed by atoms with E-state index in [1.54, 1.807) is 0 Å². The first-order valence-electron chi connectivity index (χ1n) is 17.3. The third-order valence-corrected chi connectivity index (χ3v) is 10.4. The minimum absolute atomic E-state index is 0.173. The predicted octanol–water partition coefficient (Wildman–Crippen LogP) is 11.1. The van der Waals surface area contributed by atoms with Crippen LogP contribution in [0.15, 0.2) is 140 Å². The number of nitriles is 1. The molecule has 4 nitrogen and oxygen atoms in total. The van der Waals surface area contributed by atoms with Gasteiger partial charge in [0.2, 0.25) is 0 Å². The molecule has 2 aliphatic rings. The molecule has 2 saturated carbocycles. The molecule has 3 atom stereocenters. The van der Waals surface area contributed by atoms with Gasteiger partial charge in [0.1, 0.15) is 0 Å². The van der Waals surface area contributed by atoms with E-state index in [-0.39, 0.29) is 5.41 Å². The van der Waals surface area contributed by atoms with Crippen LogP contribution in [0, 0.1) is 23.2 Å². The summed E-state index contributed by atoms with van der Waals surface area (Å²) in [6.07, 6.45) is 6.04. The van der Waals surface area contributed by atoms with Crippen molar-refractivity contribution in [3.8, 4) is 62.5 Å². The van der Waals surface area contributed by atoms with E-state index in [2.05, 4.69) is 74.2 Å². The van der Waals surface area contributed by atoms with Gasteiger partial charge in [-0.15, -0.1) is 0 Å². The zero-order chi connectivity index (χ0) is 33.4. The summed E-state index contributed by atoms with van der Waals surface area (Å²) >= 11 is 0. The lowest BCUT2D eigenvalue weighted by Crippen LogP contribution is -2.40. The summed E-state index contributed by atoms with van der Waals surface area (Å²) in [4.78, 5) is 15.2. The third kappa shape index (κ3) is 6.21. The average molecular weight is 635 g/mol. The van der Waals surface area contributed by atoms with Crippen LogP contribution >= 0.6 is 0 Å². The van der Waals surface area contributed by atoms with Crippen molar-refractivity contribution in [3.05, 3.63) is 151 Å². The Morgan fingerprint density at radius 1 is 0.612 bits per heavy atom. The number of hydrogen-bond acceptors (Lipinski definition) is 4. The lowest BCUT2D eigenvalue weighted by molar-refractivity contribution is 0.139. The van der Waals surface area contributed by atoms with E-state index in [0.717, 1.165) is 57.2 Å². The Bertz CT molecular complexity index is 2190. The first-order chi connectivity index (χ1) is 23.9. The SMILES string of the molecule is C=C1C[C@@H]2C[C@H](C)CC(c3ccc(-c4nc(-c5ccccc5)nc(-c5cc(-c6ccccc6)cc(-c6cccc(C#N)c6)c5)n4)cc3)(C1)C2. The molecule has 5 aromatic carbocycles.